The summed E-state index contributed by atoms with van der Waals surface area (Å²) in [4.78, 5) is 22.6. The van der Waals surface area contributed by atoms with E-state index in [1.165, 1.54) is 0 Å². The van der Waals surface area contributed by atoms with Crippen LogP contribution < -0.4 is 5.73 Å². The summed E-state index contributed by atoms with van der Waals surface area (Å²) in [5, 5.41) is 0. The number of alkyl halides is 4. The summed E-state index contributed by atoms with van der Waals surface area (Å²) in [6.45, 7) is -0.113. The van der Waals surface area contributed by atoms with Gasteiger partial charge in [0, 0.05) is 19.5 Å². The Kier molecular flexibility index (Phi) is 4.53. The van der Waals surface area contributed by atoms with E-state index in [4.69, 9.17) is 5.73 Å². The second-order valence-corrected chi connectivity index (χ2v) is 4.33. The normalized spacial score (nSPS) is 18.2. The van der Waals surface area contributed by atoms with Crippen molar-refractivity contribution in [2.75, 3.05) is 13.1 Å². The number of nitrogens with two attached hydrogens (primary N) is 1. The summed E-state index contributed by atoms with van der Waals surface area (Å²) in [5.74, 6) is -7.07. The molecular weight excluding hydrogens is 256 g/mol. The van der Waals surface area contributed by atoms with Crippen LogP contribution in [0.5, 0.6) is 0 Å². The molecule has 1 saturated heterocycles. The van der Waals surface area contributed by atoms with E-state index < -0.39 is 24.2 Å². The van der Waals surface area contributed by atoms with Gasteiger partial charge in [-0.3, -0.25) is 9.59 Å². The van der Waals surface area contributed by atoms with Crippen LogP contribution in [0, 0.1) is 5.92 Å². The lowest BCUT2D eigenvalue weighted by Gasteiger charge is -2.33. The number of hydrogen-bond donors (Lipinski definition) is 1. The van der Waals surface area contributed by atoms with Crippen LogP contribution in [0.2, 0.25) is 0 Å². The van der Waals surface area contributed by atoms with Crippen molar-refractivity contribution in [3.05, 3.63) is 0 Å². The zero-order valence-corrected chi connectivity index (χ0v) is 9.54. The molecule has 1 aliphatic heterocycles. The van der Waals surface area contributed by atoms with E-state index in [2.05, 4.69) is 0 Å². The fraction of sp³-hybridized carbons (Fsp3) is 0.800. The summed E-state index contributed by atoms with van der Waals surface area (Å²) in [6, 6.07) is 0. The molecular formula is C10H14F4N2O2. The van der Waals surface area contributed by atoms with Gasteiger partial charge in [0.25, 0.3) is 5.91 Å². The first-order chi connectivity index (χ1) is 8.25. The monoisotopic (exact) mass is 270 g/mol. The molecule has 0 aromatic carbocycles. The van der Waals surface area contributed by atoms with Gasteiger partial charge in [-0.25, -0.2) is 8.78 Å². The van der Waals surface area contributed by atoms with Crippen LogP contribution in [-0.4, -0.2) is 42.2 Å². The first kappa shape index (κ1) is 14.7. The van der Waals surface area contributed by atoms with Gasteiger partial charge in [0.15, 0.2) is 0 Å². The van der Waals surface area contributed by atoms with Gasteiger partial charge < -0.3 is 10.6 Å². The predicted octanol–water partition coefficient (Wildman–Crippen LogP) is 1.00. The zero-order valence-electron chi connectivity index (χ0n) is 9.54. The lowest BCUT2D eigenvalue weighted by molar-refractivity contribution is -0.181. The van der Waals surface area contributed by atoms with Gasteiger partial charge in [0.05, 0.1) is 0 Å². The Morgan fingerprint density at radius 2 is 1.78 bits per heavy atom. The van der Waals surface area contributed by atoms with Crippen molar-refractivity contribution in [3.63, 3.8) is 0 Å². The molecule has 1 heterocycles. The highest BCUT2D eigenvalue weighted by Gasteiger charge is 2.51. The summed E-state index contributed by atoms with van der Waals surface area (Å²) >= 11 is 0. The third kappa shape index (κ3) is 3.33. The molecule has 2 N–H and O–H groups in total. The van der Waals surface area contributed by atoms with E-state index in [0.29, 0.717) is 17.7 Å². The van der Waals surface area contributed by atoms with E-state index in [0.717, 1.165) is 0 Å². The smallest absolute Gasteiger partial charge is 0.370 e. The molecule has 0 aliphatic carbocycles. The number of primary amides is 1. The highest BCUT2D eigenvalue weighted by molar-refractivity contribution is 5.84. The van der Waals surface area contributed by atoms with Gasteiger partial charge >= 0.3 is 12.3 Å². The van der Waals surface area contributed by atoms with Crippen molar-refractivity contribution >= 4 is 11.8 Å². The minimum Gasteiger partial charge on any atom is -0.370 e. The average Bonchev–Trinajstić information content (AvgIpc) is 2.28. The van der Waals surface area contributed by atoms with Crippen LogP contribution in [0.3, 0.4) is 0 Å². The number of amides is 2. The van der Waals surface area contributed by atoms with Gasteiger partial charge in [0.1, 0.15) is 0 Å². The van der Waals surface area contributed by atoms with Crippen LogP contribution in [0.15, 0.2) is 0 Å². The van der Waals surface area contributed by atoms with Crippen molar-refractivity contribution in [2.45, 2.75) is 31.6 Å². The van der Waals surface area contributed by atoms with E-state index in [9.17, 15) is 27.2 Å². The fourth-order valence-electron chi connectivity index (χ4n) is 1.93. The molecule has 0 atom stereocenters. The molecule has 0 unspecified atom stereocenters. The third-order valence-electron chi connectivity index (χ3n) is 2.95. The van der Waals surface area contributed by atoms with Gasteiger partial charge in [-0.1, -0.05) is 0 Å². The van der Waals surface area contributed by atoms with Crippen LogP contribution in [0.4, 0.5) is 17.6 Å². The van der Waals surface area contributed by atoms with Crippen molar-refractivity contribution in [2.24, 2.45) is 11.7 Å². The molecule has 104 valence electrons. The van der Waals surface area contributed by atoms with E-state index in [1.807, 2.05) is 0 Å². The number of likely N-dealkylation sites (tertiary alicyclic amines) is 1. The summed E-state index contributed by atoms with van der Waals surface area (Å²) in [5.41, 5.74) is 4.99. The van der Waals surface area contributed by atoms with E-state index >= 15 is 0 Å². The Hall–Kier alpha value is -1.34. The maximum absolute atomic E-state index is 12.8. The third-order valence-corrected chi connectivity index (χ3v) is 2.95. The zero-order chi connectivity index (χ0) is 13.9. The van der Waals surface area contributed by atoms with Crippen molar-refractivity contribution in [1.82, 2.24) is 4.90 Å². The molecule has 18 heavy (non-hydrogen) atoms. The Morgan fingerprint density at radius 3 is 2.17 bits per heavy atom. The molecule has 4 nitrogen and oxygen atoms in total. The molecule has 0 aromatic heterocycles. The number of hydrogen-bond acceptors (Lipinski definition) is 2. The molecule has 0 radical (unpaired) electrons. The van der Waals surface area contributed by atoms with Crippen molar-refractivity contribution in [3.8, 4) is 0 Å². The Balaban J connectivity index is 2.53. The molecule has 1 rings (SSSR count). The molecule has 8 heteroatoms. The lowest BCUT2D eigenvalue weighted by atomic mass is 9.93. The maximum Gasteiger partial charge on any atom is 0.383 e. The number of rotatable bonds is 4. The second kappa shape index (κ2) is 5.53. The first-order valence-corrected chi connectivity index (χ1v) is 5.48. The topological polar surface area (TPSA) is 63.4 Å². The van der Waals surface area contributed by atoms with Crippen LogP contribution in [-0.2, 0) is 9.59 Å². The number of carbonyl (C=O) groups excluding carboxylic acids is 2. The van der Waals surface area contributed by atoms with Crippen LogP contribution >= 0.6 is 0 Å². The number of carbonyl (C=O) groups is 2. The SMILES string of the molecule is NC(=O)CC1CCN(C(=O)C(F)(F)C(F)F)CC1. The number of halogens is 4. The molecule has 0 saturated carbocycles. The average molecular weight is 270 g/mol. The van der Waals surface area contributed by atoms with Crippen LogP contribution in [0.25, 0.3) is 0 Å². The summed E-state index contributed by atoms with van der Waals surface area (Å²) < 4.78 is 49.6. The van der Waals surface area contributed by atoms with Gasteiger partial charge in [-0.05, 0) is 18.8 Å². The highest BCUT2D eigenvalue weighted by Crippen LogP contribution is 2.28. The summed E-state index contributed by atoms with van der Waals surface area (Å²) in [6.07, 6.45) is -3.26. The van der Waals surface area contributed by atoms with Crippen molar-refractivity contribution in [1.29, 1.82) is 0 Å². The second-order valence-electron chi connectivity index (χ2n) is 4.33. The van der Waals surface area contributed by atoms with Crippen molar-refractivity contribution < 1.29 is 27.2 Å². The van der Waals surface area contributed by atoms with Gasteiger partial charge in [0.2, 0.25) is 5.91 Å². The molecule has 2 amide bonds. The molecule has 1 fully saturated rings. The Morgan fingerprint density at radius 1 is 1.28 bits per heavy atom. The Labute approximate surface area is 101 Å². The van der Waals surface area contributed by atoms with Gasteiger partial charge in [-0.15, -0.1) is 0 Å². The minimum atomic E-state index is -4.64. The highest BCUT2D eigenvalue weighted by atomic mass is 19.3. The lowest BCUT2D eigenvalue weighted by Crippen LogP contribution is -2.50. The predicted molar refractivity (Wildman–Crippen MR) is 54.1 cm³/mol. The quantitative estimate of drug-likeness (QED) is 0.775. The minimum absolute atomic E-state index is 0.0565. The molecule has 1 aliphatic rings. The maximum atomic E-state index is 12.8. The largest absolute Gasteiger partial charge is 0.383 e. The van der Waals surface area contributed by atoms with E-state index in [-0.39, 0.29) is 25.4 Å². The Bertz CT molecular complexity index is 328. The number of nitrogens with zero attached hydrogens (tertiary/aromatic N) is 1. The molecule has 0 spiro atoms. The standard InChI is InChI=1S/C10H14F4N2O2/c11-8(12)10(13,14)9(18)16-3-1-6(2-4-16)5-7(15)17/h6,8H,1-5H2,(H2,15,17). The van der Waals surface area contributed by atoms with E-state index in [1.54, 1.807) is 0 Å². The first-order valence-electron chi connectivity index (χ1n) is 5.48. The van der Waals surface area contributed by atoms with Crippen LogP contribution in [0.1, 0.15) is 19.3 Å². The van der Waals surface area contributed by atoms with Gasteiger partial charge in [-0.2, -0.15) is 8.78 Å². The summed E-state index contributed by atoms with van der Waals surface area (Å²) in [7, 11) is 0. The molecule has 0 bridgehead atoms. The fourth-order valence-corrected chi connectivity index (χ4v) is 1.93. The number of piperidine rings is 1. The molecule has 0 aromatic rings.